The normalized spacial score (nSPS) is 16.2. The van der Waals surface area contributed by atoms with Crippen molar-refractivity contribution in [1.82, 2.24) is 10.3 Å². The molecule has 1 saturated carbocycles. The Balaban J connectivity index is 1.53. The van der Waals surface area contributed by atoms with Crippen molar-refractivity contribution in [1.29, 1.82) is 0 Å². The molecule has 0 radical (unpaired) electrons. The van der Waals surface area contributed by atoms with Gasteiger partial charge in [0, 0.05) is 30.6 Å². The molecule has 0 spiro atoms. The van der Waals surface area contributed by atoms with Crippen LogP contribution in [0.1, 0.15) is 24.3 Å². The van der Waals surface area contributed by atoms with Crippen LogP contribution in [-0.4, -0.2) is 23.2 Å². The first-order valence-electron chi connectivity index (χ1n) is 7.13. The molecule has 1 aromatic heterocycles. The fraction of sp³-hybridized carbons (Fsp3) is 0.438. The molecule has 0 bridgehead atoms. The Labute approximate surface area is 123 Å². The summed E-state index contributed by atoms with van der Waals surface area (Å²) in [6, 6.07) is 10.3. The van der Waals surface area contributed by atoms with E-state index >= 15 is 0 Å². The quantitative estimate of drug-likeness (QED) is 0.823. The first-order chi connectivity index (χ1) is 9.81. The topological polar surface area (TPSA) is 45.1 Å². The fourth-order valence-corrected chi connectivity index (χ4v) is 3.27. The molecule has 0 atom stereocenters. The summed E-state index contributed by atoms with van der Waals surface area (Å²) in [5.74, 6) is 0. The van der Waals surface area contributed by atoms with Crippen molar-refractivity contribution in [3.05, 3.63) is 40.7 Å². The predicted octanol–water partition coefficient (Wildman–Crippen LogP) is 3.06. The summed E-state index contributed by atoms with van der Waals surface area (Å²) >= 11 is 1.71. The molecule has 2 aromatic rings. The highest BCUT2D eigenvalue weighted by Gasteiger charge is 2.41. The third-order valence-corrected chi connectivity index (χ3v) is 4.85. The number of rotatable bonds is 7. The van der Waals surface area contributed by atoms with Crippen LogP contribution in [0, 0.1) is 5.41 Å². The minimum Gasteiger partial charge on any atom is -0.396 e. The van der Waals surface area contributed by atoms with Crippen molar-refractivity contribution in [2.75, 3.05) is 13.2 Å². The maximum atomic E-state index is 9.05. The lowest BCUT2D eigenvalue weighted by Gasteiger charge is -2.13. The molecule has 2 N–H and O–H groups in total. The number of hydrogen-bond acceptors (Lipinski definition) is 4. The maximum Gasteiger partial charge on any atom is 0.107 e. The molecule has 0 saturated heterocycles. The first-order valence-corrected chi connectivity index (χ1v) is 8.01. The minimum atomic E-state index is 0.303. The summed E-state index contributed by atoms with van der Waals surface area (Å²) in [4.78, 5) is 4.67. The van der Waals surface area contributed by atoms with Crippen molar-refractivity contribution < 1.29 is 5.11 Å². The van der Waals surface area contributed by atoms with E-state index in [0.717, 1.165) is 30.2 Å². The summed E-state index contributed by atoms with van der Waals surface area (Å²) in [6.07, 6.45) is 3.41. The highest BCUT2D eigenvalue weighted by atomic mass is 32.1. The predicted molar refractivity (Wildman–Crippen MR) is 82.6 cm³/mol. The molecule has 0 aliphatic heterocycles. The number of hydrogen-bond donors (Lipinski definition) is 2. The third kappa shape index (κ3) is 3.26. The number of nitrogens with one attached hydrogen (secondary N) is 1. The largest absolute Gasteiger partial charge is 0.396 e. The van der Waals surface area contributed by atoms with Crippen LogP contribution < -0.4 is 5.32 Å². The van der Waals surface area contributed by atoms with Gasteiger partial charge in [0.25, 0.3) is 0 Å². The van der Waals surface area contributed by atoms with E-state index in [-0.39, 0.29) is 0 Å². The smallest absolute Gasteiger partial charge is 0.107 e. The Hall–Kier alpha value is -1.23. The first kappa shape index (κ1) is 13.7. The second kappa shape index (κ2) is 6.04. The maximum absolute atomic E-state index is 9.05. The van der Waals surface area contributed by atoms with Crippen LogP contribution in [-0.2, 0) is 6.54 Å². The molecule has 20 heavy (non-hydrogen) atoms. The number of thiazole rings is 1. The van der Waals surface area contributed by atoms with Crippen LogP contribution in [0.4, 0.5) is 0 Å². The number of aromatic nitrogens is 1. The second-order valence-corrected chi connectivity index (χ2v) is 6.51. The Morgan fingerprint density at radius 2 is 2.05 bits per heavy atom. The van der Waals surface area contributed by atoms with Crippen LogP contribution in [0.2, 0.25) is 0 Å². The molecule has 0 amide bonds. The average molecular weight is 288 g/mol. The summed E-state index contributed by atoms with van der Waals surface area (Å²) in [6.45, 7) is 2.12. The molecule has 106 valence electrons. The van der Waals surface area contributed by atoms with E-state index in [1.54, 1.807) is 11.3 Å². The van der Waals surface area contributed by atoms with Gasteiger partial charge >= 0.3 is 0 Å². The lowest BCUT2D eigenvalue weighted by molar-refractivity contribution is 0.245. The lowest BCUT2D eigenvalue weighted by atomic mass is 10.0. The van der Waals surface area contributed by atoms with E-state index in [9.17, 15) is 0 Å². The Morgan fingerprint density at radius 1 is 1.25 bits per heavy atom. The molecule has 0 unspecified atom stereocenters. The molecule has 1 aliphatic carbocycles. The van der Waals surface area contributed by atoms with Gasteiger partial charge in [-0.1, -0.05) is 30.3 Å². The molecule has 1 aromatic carbocycles. The molecule has 4 heteroatoms. The SMILES string of the molecule is OCCC1(CNCc2nc(-c3ccccc3)cs2)CC1. The zero-order valence-electron chi connectivity index (χ0n) is 11.5. The average Bonchev–Trinajstić information content (AvgIpc) is 3.07. The van der Waals surface area contributed by atoms with Crippen LogP contribution in [0.3, 0.4) is 0 Å². The van der Waals surface area contributed by atoms with E-state index in [1.165, 1.54) is 18.4 Å². The standard InChI is InChI=1S/C16H20N2OS/c19-9-8-16(6-7-16)12-17-10-15-18-14(11-20-15)13-4-2-1-3-5-13/h1-5,11,17,19H,6-10,12H2. The monoisotopic (exact) mass is 288 g/mol. The van der Waals surface area contributed by atoms with Gasteiger partial charge in [-0.15, -0.1) is 11.3 Å². The number of benzene rings is 1. The van der Waals surface area contributed by atoms with Crippen molar-refractivity contribution in [3.8, 4) is 11.3 Å². The van der Waals surface area contributed by atoms with Crippen LogP contribution >= 0.6 is 11.3 Å². The van der Waals surface area contributed by atoms with Crippen molar-refractivity contribution in [2.45, 2.75) is 25.8 Å². The Bertz CT molecular complexity index is 549. The molecule has 3 rings (SSSR count). The van der Waals surface area contributed by atoms with Gasteiger partial charge in [-0.25, -0.2) is 4.98 Å². The third-order valence-electron chi connectivity index (χ3n) is 4.00. The Kier molecular flexibility index (Phi) is 4.15. The molecule has 1 fully saturated rings. The minimum absolute atomic E-state index is 0.303. The van der Waals surface area contributed by atoms with Crippen molar-refractivity contribution >= 4 is 11.3 Å². The number of aliphatic hydroxyl groups excluding tert-OH is 1. The van der Waals surface area contributed by atoms with E-state index in [2.05, 4.69) is 27.8 Å². The summed E-state index contributed by atoms with van der Waals surface area (Å²) in [5.41, 5.74) is 2.60. The van der Waals surface area contributed by atoms with Gasteiger partial charge in [0.2, 0.25) is 0 Å². The van der Waals surface area contributed by atoms with Gasteiger partial charge in [0.05, 0.1) is 5.69 Å². The number of aliphatic hydroxyl groups is 1. The van der Waals surface area contributed by atoms with Crippen LogP contribution in [0.5, 0.6) is 0 Å². The fourth-order valence-electron chi connectivity index (χ4n) is 2.50. The van der Waals surface area contributed by atoms with Crippen molar-refractivity contribution in [3.63, 3.8) is 0 Å². The number of nitrogens with zero attached hydrogens (tertiary/aromatic N) is 1. The highest BCUT2D eigenvalue weighted by molar-refractivity contribution is 7.09. The summed E-state index contributed by atoms with van der Waals surface area (Å²) in [5, 5.41) is 15.8. The van der Waals surface area contributed by atoms with Crippen molar-refractivity contribution in [2.24, 2.45) is 5.41 Å². The van der Waals surface area contributed by atoms with E-state index in [4.69, 9.17) is 5.11 Å². The van der Waals surface area contributed by atoms with E-state index in [1.807, 2.05) is 18.2 Å². The van der Waals surface area contributed by atoms with Crippen LogP contribution in [0.15, 0.2) is 35.7 Å². The molecular weight excluding hydrogens is 268 g/mol. The van der Waals surface area contributed by atoms with Gasteiger partial charge in [0.15, 0.2) is 0 Å². The Morgan fingerprint density at radius 3 is 2.75 bits per heavy atom. The lowest BCUT2D eigenvalue weighted by Crippen LogP contribution is -2.24. The molecule has 1 aliphatic rings. The van der Waals surface area contributed by atoms with Gasteiger partial charge < -0.3 is 10.4 Å². The molecule has 3 nitrogen and oxygen atoms in total. The van der Waals surface area contributed by atoms with Gasteiger partial charge in [-0.2, -0.15) is 0 Å². The molecular formula is C16H20N2OS. The zero-order valence-corrected chi connectivity index (χ0v) is 12.3. The summed E-state index contributed by atoms with van der Waals surface area (Å²) in [7, 11) is 0. The highest BCUT2D eigenvalue weighted by Crippen LogP contribution is 2.47. The van der Waals surface area contributed by atoms with Gasteiger partial charge in [0.1, 0.15) is 5.01 Å². The van der Waals surface area contributed by atoms with Crippen LogP contribution in [0.25, 0.3) is 11.3 Å². The van der Waals surface area contributed by atoms with E-state index in [0.29, 0.717) is 12.0 Å². The second-order valence-electron chi connectivity index (χ2n) is 5.57. The zero-order chi connectivity index (χ0) is 13.8. The van der Waals surface area contributed by atoms with Gasteiger partial charge in [-0.05, 0) is 24.7 Å². The summed E-state index contributed by atoms with van der Waals surface area (Å²) < 4.78 is 0. The molecule has 1 heterocycles. The van der Waals surface area contributed by atoms with Gasteiger partial charge in [-0.3, -0.25) is 0 Å². The van der Waals surface area contributed by atoms with E-state index < -0.39 is 0 Å².